The summed E-state index contributed by atoms with van der Waals surface area (Å²) in [7, 11) is 0. The van der Waals surface area contributed by atoms with Crippen LogP contribution in [0.15, 0.2) is 79.0 Å². The fourth-order valence-corrected chi connectivity index (χ4v) is 7.82. The summed E-state index contributed by atoms with van der Waals surface area (Å²) >= 11 is 0. The van der Waals surface area contributed by atoms with E-state index in [1.807, 2.05) is 82.5 Å². The first kappa shape index (κ1) is 35.4. The number of nitrogens with one attached hydrogen (secondary N) is 1. The first-order valence-electron chi connectivity index (χ1n) is 18.7. The Morgan fingerprint density at radius 3 is 2.19 bits per heavy atom. The molecule has 3 fully saturated rings. The predicted molar refractivity (Wildman–Crippen MR) is 209 cm³/mol. The minimum Gasteiger partial charge on any atom is -0.444 e. The smallest absolute Gasteiger partial charge is 0.410 e. The molecule has 2 aromatic carbocycles. The molecule has 3 aliphatic rings. The maximum atomic E-state index is 12.8. The Bertz CT molecular complexity index is 2230. The fourth-order valence-electron chi connectivity index (χ4n) is 7.82. The molecule has 1 aliphatic carbocycles. The van der Waals surface area contributed by atoms with Gasteiger partial charge in [-0.05, 0) is 115 Å². The lowest BCUT2D eigenvalue weighted by Crippen LogP contribution is -2.73. The summed E-state index contributed by atoms with van der Waals surface area (Å²) in [5.41, 5.74) is 11.9. The number of pyridine rings is 2. The van der Waals surface area contributed by atoms with Crippen molar-refractivity contribution in [3.05, 3.63) is 84.6 Å². The highest BCUT2D eigenvalue weighted by Gasteiger charge is 2.54. The van der Waals surface area contributed by atoms with Crippen LogP contribution >= 0.6 is 0 Å². The van der Waals surface area contributed by atoms with E-state index in [2.05, 4.69) is 51.6 Å². The van der Waals surface area contributed by atoms with Gasteiger partial charge in [0.2, 0.25) is 0 Å². The van der Waals surface area contributed by atoms with Crippen molar-refractivity contribution in [3.63, 3.8) is 0 Å². The first-order valence-corrected chi connectivity index (χ1v) is 18.7. The Morgan fingerprint density at radius 1 is 0.815 bits per heavy atom. The quantitative estimate of drug-likeness (QED) is 0.180. The molecule has 54 heavy (non-hydrogen) atoms. The van der Waals surface area contributed by atoms with Crippen molar-refractivity contribution in [2.24, 2.45) is 5.41 Å². The van der Waals surface area contributed by atoms with Crippen LogP contribution in [-0.2, 0) is 15.0 Å². The average molecular weight is 729 g/mol. The molecule has 3 aromatic heterocycles. The number of carbonyl (C=O) groups excluding carboxylic acids is 2. The van der Waals surface area contributed by atoms with Crippen molar-refractivity contribution in [3.8, 4) is 28.3 Å². The van der Waals surface area contributed by atoms with Crippen molar-refractivity contribution in [2.75, 3.05) is 36.8 Å². The standard InChI is InChI=1S/C42H48N8O4/c1-39(2,3)53-37(51)47-42(19-9-20-42)28-13-15-29(16-14-28)50-35(31-12-8-21-44-34(31)43)46-33-18-17-32(45-36(33)50)27-10-7-11-30(22-27)48-23-41(24-48)25-49(26-41)38(52)54-40(4,5)6/h7-8,10-18,21-22H,9,19-20,23-26H2,1-6H3,(H2,43,44)(H,47,51). The molecule has 0 radical (unpaired) electrons. The SMILES string of the molecule is CC(C)(C)OC(=O)NC1(c2ccc(-n3c(-c4cccnc4N)nc4ccc(-c5cccc(N6CC7(CN(C(=O)OC(C)(C)C)C7)C6)c5)nc43)cc2)CCC1. The average Bonchev–Trinajstić information content (AvgIpc) is 3.42. The van der Waals surface area contributed by atoms with Gasteiger partial charge in [-0.25, -0.2) is 24.5 Å². The maximum absolute atomic E-state index is 12.8. The van der Waals surface area contributed by atoms with Gasteiger partial charge in [0.25, 0.3) is 0 Å². The Hall–Kier alpha value is -5.65. The molecule has 12 nitrogen and oxygen atoms in total. The van der Waals surface area contributed by atoms with Gasteiger partial charge in [0.05, 0.1) is 16.8 Å². The Morgan fingerprint density at radius 2 is 1.54 bits per heavy atom. The van der Waals surface area contributed by atoms with Crippen LogP contribution in [0.5, 0.6) is 0 Å². The number of imidazole rings is 1. The van der Waals surface area contributed by atoms with Gasteiger partial charge in [0.15, 0.2) is 11.5 Å². The number of likely N-dealkylation sites (tertiary alicyclic amines) is 1. The number of amides is 2. The number of hydrogen-bond acceptors (Lipinski definition) is 9. The molecule has 0 unspecified atom stereocenters. The number of ether oxygens (including phenoxy) is 2. The summed E-state index contributed by atoms with van der Waals surface area (Å²) in [5, 5.41) is 3.16. The third kappa shape index (κ3) is 6.69. The molecule has 5 aromatic rings. The van der Waals surface area contributed by atoms with Crippen molar-refractivity contribution in [1.82, 2.24) is 29.7 Å². The minimum atomic E-state index is -0.583. The zero-order valence-corrected chi connectivity index (χ0v) is 31.8. The van der Waals surface area contributed by atoms with E-state index in [1.165, 1.54) is 0 Å². The number of rotatable bonds is 6. The topological polar surface area (TPSA) is 141 Å². The van der Waals surface area contributed by atoms with Gasteiger partial charge in [0, 0.05) is 54.7 Å². The zero-order valence-electron chi connectivity index (χ0n) is 31.8. The molecule has 1 saturated carbocycles. The molecule has 2 aliphatic heterocycles. The van der Waals surface area contributed by atoms with Crippen LogP contribution in [0, 0.1) is 5.41 Å². The number of nitrogens with zero attached hydrogens (tertiary/aromatic N) is 6. The number of carbonyl (C=O) groups is 2. The van der Waals surface area contributed by atoms with E-state index >= 15 is 0 Å². The highest BCUT2D eigenvalue weighted by molar-refractivity contribution is 5.85. The van der Waals surface area contributed by atoms with Crippen molar-refractivity contribution in [2.45, 2.75) is 77.5 Å². The lowest BCUT2D eigenvalue weighted by Gasteiger charge is -2.60. The van der Waals surface area contributed by atoms with Crippen molar-refractivity contribution in [1.29, 1.82) is 0 Å². The molecule has 0 bridgehead atoms. The van der Waals surface area contributed by atoms with Crippen molar-refractivity contribution < 1.29 is 19.1 Å². The van der Waals surface area contributed by atoms with E-state index in [9.17, 15) is 9.59 Å². The third-order valence-corrected chi connectivity index (χ3v) is 10.5. The Labute approximate surface area is 315 Å². The van der Waals surface area contributed by atoms with Crippen LogP contribution in [0.4, 0.5) is 21.1 Å². The molecule has 0 atom stereocenters. The monoisotopic (exact) mass is 728 g/mol. The molecule has 8 rings (SSSR count). The van der Waals surface area contributed by atoms with E-state index in [-0.39, 0.29) is 11.5 Å². The molecule has 280 valence electrons. The van der Waals surface area contributed by atoms with E-state index in [4.69, 9.17) is 25.2 Å². The van der Waals surface area contributed by atoms with Gasteiger partial charge in [-0.2, -0.15) is 0 Å². The van der Waals surface area contributed by atoms with Gasteiger partial charge in [-0.15, -0.1) is 0 Å². The summed E-state index contributed by atoms with van der Waals surface area (Å²) in [6.45, 7) is 14.5. The van der Waals surface area contributed by atoms with E-state index in [1.54, 1.807) is 11.1 Å². The summed E-state index contributed by atoms with van der Waals surface area (Å²) in [6, 6.07) is 24.4. The van der Waals surface area contributed by atoms with Crippen LogP contribution in [-0.4, -0.2) is 74.0 Å². The largest absolute Gasteiger partial charge is 0.444 e. The highest BCUT2D eigenvalue weighted by atomic mass is 16.6. The van der Waals surface area contributed by atoms with Gasteiger partial charge in [-0.3, -0.25) is 4.57 Å². The van der Waals surface area contributed by atoms with Crippen molar-refractivity contribution >= 4 is 34.9 Å². The van der Waals surface area contributed by atoms with E-state index in [0.29, 0.717) is 35.9 Å². The number of nitrogens with two attached hydrogens (primary N) is 1. The maximum Gasteiger partial charge on any atom is 0.410 e. The van der Waals surface area contributed by atoms with Crippen LogP contribution < -0.4 is 16.0 Å². The predicted octanol–water partition coefficient (Wildman–Crippen LogP) is 7.69. The second-order valence-electron chi connectivity index (χ2n) is 17.1. The number of fused-ring (bicyclic) bond motifs is 1. The second kappa shape index (κ2) is 12.7. The van der Waals surface area contributed by atoms with Gasteiger partial charge in [-0.1, -0.05) is 24.3 Å². The molecular formula is C42H48N8O4. The molecule has 1 spiro atoms. The Kier molecular flexibility index (Phi) is 8.35. The van der Waals surface area contributed by atoms with Gasteiger partial charge < -0.3 is 30.3 Å². The van der Waals surface area contributed by atoms with E-state index < -0.39 is 22.8 Å². The number of benzene rings is 2. The minimum absolute atomic E-state index is 0.112. The van der Waals surface area contributed by atoms with Crippen LogP contribution in [0.25, 0.3) is 39.5 Å². The molecule has 2 saturated heterocycles. The summed E-state index contributed by atoms with van der Waals surface area (Å²) in [5.74, 6) is 1.01. The summed E-state index contributed by atoms with van der Waals surface area (Å²) in [4.78, 5) is 44.1. The fraction of sp³-hybridized carbons (Fsp3) is 0.405. The number of alkyl carbamates (subject to hydrolysis) is 1. The highest BCUT2D eigenvalue weighted by Crippen LogP contribution is 2.44. The van der Waals surface area contributed by atoms with Gasteiger partial charge >= 0.3 is 12.2 Å². The number of aromatic nitrogens is 4. The molecule has 5 heterocycles. The lowest BCUT2D eigenvalue weighted by atomic mass is 9.72. The number of hydrogen-bond donors (Lipinski definition) is 2. The molecule has 12 heteroatoms. The van der Waals surface area contributed by atoms with Crippen LogP contribution in [0.3, 0.4) is 0 Å². The summed E-state index contributed by atoms with van der Waals surface area (Å²) in [6.07, 6.45) is 3.71. The van der Waals surface area contributed by atoms with Crippen LogP contribution in [0.1, 0.15) is 66.4 Å². The lowest BCUT2D eigenvalue weighted by molar-refractivity contribution is -0.0453. The van der Waals surface area contributed by atoms with Crippen LogP contribution in [0.2, 0.25) is 0 Å². The second-order valence-corrected chi connectivity index (χ2v) is 17.1. The molecule has 3 N–H and O–H groups in total. The third-order valence-electron chi connectivity index (χ3n) is 10.5. The first-order chi connectivity index (χ1) is 25.6. The number of anilines is 2. The number of nitrogen functional groups attached to an aromatic ring is 1. The zero-order chi connectivity index (χ0) is 38.0. The van der Waals surface area contributed by atoms with Gasteiger partial charge in [0.1, 0.15) is 22.5 Å². The molecular weight excluding hydrogens is 681 g/mol. The van der Waals surface area contributed by atoms with E-state index in [0.717, 1.165) is 66.1 Å². The Balaban J connectivity index is 1.08. The summed E-state index contributed by atoms with van der Waals surface area (Å²) < 4.78 is 13.2. The normalized spacial score (nSPS) is 17.4. The molecule has 2 amide bonds.